The zero-order valence-electron chi connectivity index (χ0n) is 11.4. The van der Waals surface area contributed by atoms with Crippen LogP contribution in [0.15, 0.2) is 24.3 Å². The molecular formula is C16H24N2. The molecule has 2 heteroatoms. The highest BCUT2D eigenvalue weighted by Crippen LogP contribution is 2.40. The Kier molecular flexibility index (Phi) is 3.67. The minimum absolute atomic E-state index is 0.849. The Morgan fingerprint density at radius 2 is 2.17 bits per heavy atom. The van der Waals surface area contributed by atoms with Gasteiger partial charge in [-0.05, 0) is 62.4 Å². The molecule has 2 aliphatic rings. The van der Waals surface area contributed by atoms with Crippen molar-refractivity contribution in [3.8, 4) is 0 Å². The van der Waals surface area contributed by atoms with Crippen LogP contribution in [0.4, 0.5) is 0 Å². The van der Waals surface area contributed by atoms with E-state index < -0.39 is 0 Å². The molecule has 3 rings (SSSR count). The summed E-state index contributed by atoms with van der Waals surface area (Å²) in [5.74, 6) is 1.72. The van der Waals surface area contributed by atoms with Gasteiger partial charge >= 0.3 is 0 Å². The summed E-state index contributed by atoms with van der Waals surface area (Å²) in [6.45, 7) is 4.72. The van der Waals surface area contributed by atoms with E-state index in [2.05, 4.69) is 41.5 Å². The fourth-order valence-electron chi connectivity index (χ4n) is 2.99. The minimum Gasteiger partial charge on any atom is -0.312 e. The Balaban J connectivity index is 1.46. The number of nitrogens with one attached hydrogen (secondary N) is 1. The molecule has 0 aromatic heterocycles. The lowest BCUT2D eigenvalue weighted by molar-refractivity contribution is 0.388. The number of benzene rings is 1. The van der Waals surface area contributed by atoms with Gasteiger partial charge in [-0.25, -0.2) is 0 Å². The third-order valence-corrected chi connectivity index (χ3v) is 4.25. The van der Waals surface area contributed by atoms with Crippen LogP contribution in [0.5, 0.6) is 0 Å². The van der Waals surface area contributed by atoms with Crippen molar-refractivity contribution in [2.75, 3.05) is 26.7 Å². The zero-order valence-corrected chi connectivity index (χ0v) is 11.4. The average Bonchev–Trinajstić information content (AvgIpc) is 3.14. The highest BCUT2D eigenvalue weighted by Gasteiger charge is 2.23. The molecular weight excluding hydrogens is 220 g/mol. The van der Waals surface area contributed by atoms with Crippen LogP contribution in [0.3, 0.4) is 0 Å². The van der Waals surface area contributed by atoms with Gasteiger partial charge in [-0.15, -0.1) is 0 Å². The standard InChI is InChI=1S/C16H24N2/c1-18-8-7-14(12-18)11-17-10-13-3-2-4-16(9-13)15-5-6-15/h2-4,9,14-15,17H,5-8,10-12H2,1H3. The molecule has 2 fully saturated rings. The van der Waals surface area contributed by atoms with Crippen molar-refractivity contribution in [1.29, 1.82) is 0 Å². The van der Waals surface area contributed by atoms with Gasteiger partial charge in [-0.3, -0.25) is 0 Å². The van der Waals surface area contributed by atoms with E-state index in [4.69, 9.17) is 0 Å². The topological polar surface area (TPSA) is 15.3 Å². The van der Waals surface area contributed by atoms with Crippen molar-refractivity contribution in [3.05, 3.63) is 35.4 Å². The fraction of sp³-hybridized carbons (Fsp3) is 0.625. The first kappa shape index (κ1) is 12.2. The normalized spacial score (nSPS) is 24.6. The summed E-state index contributed by atoms with van der Waals surface area (Å²) in [5, 5.41) is 3.62. The van der Waals surface area contributed by atoms with Crippen molar-refractivity contribution in [2.24, 2.45) is 5.92 Å². The second-order valence-electron chi connectivity index (χ2n) is 6.07. The van der Waals surface area contributed by atoms with Gasteiger partial charge in [0, 0.05) is 13.1 Å². The number of likely N-dealkylation sites (tertiary alicyclic amines) is 1. The van der Waals surface area contributed by atoms with Crippen molar-refractivity contribution >= 4 is 0 Å². The molecule has 18 heavy (non-hydrogen) atoms. The predicted molar refractivity (Wildman–Crippen MR) is 75.7 cm³/mol. The largest absolute Gasteiger partial charge is 0.312 e. The fourth-order valence-corrected chi connectivity index (χ4v) is 2.99. The van der Waals surface area contributed by atoms with Gasteiger partial charge in [-0.1, -0.05) is 24.3 Å². The Morgan fingerprint density at radius 1 is 1.28 bits per heavy atom. The molecule has 1 aliphatic carbocycles. The lowest BCUT2D eigenvalue weighted by Gasteiger charge is -2.12. The Hall–Kier alpha value is -0.860. The summed E-state index contributed by atoms with van der Waals surface area (Å²) >= 11 is 0. The Labute approximate surface area is 110 Å². The van der Waals surface area contributed by atoms with Crippen molar-refractivity contribution in [1.82, 2.24) is 10.2 Å². The van der Waals surface area contributed by atoms with Crippen LogP contribution in [0.1, 0.15) is 36.3 Å². The molecule has 1 saturated carbocycles. The molecule has 1 aromatic rings. The van der Waals surface area contributed by atoms with E-state index in [0.29, 0.717) is 0 Å². The first-order valence-corrected chi connectivity index (χ1v) is 7.29. The second-order valence-corrected chi connectivity index (χ2v) is 6.07. The summed E-state index contributed by atoms with van der Waals surface area (Å²) in [4.78, 5) is 2.43. The number of rotatable bonds is 5. The molecule has 1 unspecified atom stereocenters. The molecule has 2 nitrogen and oxygen atoms in total. The molecule has 0 bridgehead atoms. The first-order valence-electron chi connectivity index (χ1n) is 7.29. The van der Waals surface area contributed by atoms with Gasteiger partial charge in [-0.2, -0.15) is 0 Å². The zero-order chi connectivity index (χ0) is 12.4. The molecule has 0 radical (unpaired) electrons. The number of hydrogen-bond acceptors (Lipinski definition) is 2. The van der Waals surface area contributed by atoms with Crippen LogP contribution in [-0.4, -0.2) is 31.6 Å². The smallest absolute Gasteiger partial charge is 0.0205 e. The average molecular weight is 244 g/mol. The highest BCUT2D eigenvalue weighted by atomic mass is 15.1. The van der Waals surface area contributed by atoms with Gasteiger partial charge in [0.15, 0.2) is 0 Å². The van der Waals surface area contributed by atoms with E-state index in [1.165, 1.54) is 37.9 Å². The lowest BCUT2D eigenvalue weighted by atomic mass is 10.1. The SMILES string of the molecule is CN1CCC(CNCc2cccc(C3CC3)c2)C1. The van der Waals surface area contributed by atoms with Crippen molar-refractivity contribution < 1.29 is 0 Å². The van der Waals surface area contributed by atoms with Gasteiger partial charge in [0.05, 0.1) is 0 Å². The van der Waals surface area contributed by atoms with Crippen LogP contribution in [0.25, 0.3) is 0 Å². The van der Waals surface area contributed by atoms with Crippen LogP contribution in [-0.2, 0) is 6.54 Å². The minimum atomic E-state index is 0.849. The number of nitrogens with zero attached hydrogens (tertiary/aromatic N) is 1. The molecule has 0 spiro atoms. The van der Waals surface area contributed by atoms with E-state index in [1.807, 2.05) is 0 Å². The maximum atomic E-state index is 3.62. The van der Waals surface area contributed by atoms with Crippen molar-refractivity contribution in [2.45, 2.75) is 31.7 Å². The molecule has 1 atom stereocenters. The summed E-state index contributed by atoms with van der Waals surface area (Å²) in [7, 11) is 2.22. The van der Waals surface area contributed by atoms with Crippen LogP contribution >= 0.6 is 0 Å². The molecule has 1 heterocycles. The summed E-state index contributed by atoms with van der Waals surface area (Å²) in [6.07, 6.45) is 4.14. The number of hydrogen-bond donors (Lipinski definition) is 1. The van der Waals surface area contributed by atoms with Crippen LogP contribution in [0.2, 0.25) is 0 Å². The Bertz CT molecular complexity index is 398. The maximum absolute atomic E-state index is 3.62. The summed E-state index contributed by atoms with van der Waals surface area (Å²) < 4.78 is 0. The van der Waals surface area contributed by atoms with Crippen LogP contribution < -0.4 is 5.32 Å². The maximum Gasteiger partial charge on any atom is 0.0205 e. The molecule has 1 N–H and O–H groups in total. The first-order chi connectivity index (χ1) is 8.81. The van der Waals surface area contributed by atoms with Gasteiger partial charge in [0.25, 0.3) is 0 Å². The van der Waals surface area contributed by atoms with E-state index in [1.54, 1.807) is 5.56 Å². The third kappa shape index (κ3) is 3.12. The lowest BCUT2D eigenvalue weighted by Crippen LogP contribution is -2.24. The van der Waals surface area contributed by atoms with Gasteiger partial charge in [0.2, 0.25) is 0 Å². The van der Waals surface area contributed by atoms with E-state index in [0.717, 1.165) is 24.9 Å². The molecule has 0 amide bonds. The molecule has 1 aromatic carbocycles. The highest BCUT2D eigenvalue weighted by molar-refractivity contribution is 5.29. The molecule has 1 aliphatic heterocycles. The van der Waals surface area contributed by atoms with Gasteiger partial charge in [0.1, 0.15) is 0 Å². The summed E-state index contributed by atoms with van der Waals surface area (Å²) in [6, 6.07) is 9.15. The van der Waals surface area contributed by atoms with E-state index in [9.17, 15) is 0 Å². The van der Waals surface area contributed by atoms with E-state index >= 15 is 0 Å². The Morgan fingerprint density at radius 3 is 2.89 bits per heavy atom. The summed E-state index contributed by atoms with van der Waals surface area (Å²) in [5.41, 5.74) is 3.00. The van der Waals surface area contributed by atoms with Gasteiger partial charge < -0.3 is 10.2 Å². The third-order valence-electron chi connectivity index (χ3n) is 4.25. The van der Waals surface area contributed by atoms with E-state index in [-0.39, 0.29) is 0 Å². The van der Waals surface area contributed by atoms with Crippen molar-refractivity contribution in [3.63, 3.8) is 0 Å². The quantitative estimate of drug-likeness (QED) is 0.856. The predicted octanol–water partition coefficient (Wildman–Crippen LogP) is 2.61. The second kappa shape index (κ2) is 5.41. The molecule has 1 saturated heterocycles. The molecule has 98 valence electrons. The van der Waals surface area contributed by atoms with Crippen LogP contribution in [0, 0.1) is 5.92 Å². The monoisotopic (exact) mass is 244 g/mol.